The zero-order chi connectivity index (χ0) is 29.8. The highest BCUT2D eigenvalue weighted by atomic mass is 35.5. The molecule has 5 aromatic rings. The van der Waals surface area contributed by atoms with Crippen molar-refractivity contribution in [3.63, 3.8) is 0 Å². The molecule has 8 nitrogen and oxygen atoms in total. The topological polar surface area (TPSA) is 115 Å². The zero-order valence-electron chi connectivity index (χ0n) is 23.2. The van der Waals surface area contributed by atoms with E-state index in [9.17, 15) is 9.65 Å². The van der Waals surface area contributed by atoms with Crippen molar-refractivity contribution in [3.05, 3.63) is 112 Å². The molecule has 0 radical (unpaired) electrons. The number of rotatable bonds is 11. The third kappa shape index (κ3) is 6.28. The predicted octanol–water partition coefficient (Wildman–Crippen LogP) is 7.87. The molecular formula is C33H28ClFN8. The maximum Gasteiger partial charge on any atom is 0.123 e. The highest BCUT2D eigenvalue weighted by Gasteiger charge is 2.27. The summed E-state index contributed by atoms with van der Waals surface area (Å²) in [5, 5.41) is 36.2. The summed E-state index contributed by atoms with van der Waals surface area (Å²) in [6.07, 6.45) is 7.42. The van der Waals surface area contributed by atoms with Gasteiger partial charge in [-0.1, -0.05) is 59.3 Å². The Hall–Kier alpha value is -4.99. The van der Waals surface area contributed by atoms with Crippen LogP contribution < -0.4 is 10.6 Å². The lowest BCUT2D eigenvalue weighted by molar-refractivity contribution is 0.610. The van der Waals surface area contributed by atoms with E-state index in [1.807, 2.05) is 47.3 Å². The molecule has 1 saturated carbocycles. The smallest absolute Gasteiger partial charge is 0.123 e. The molecule has 1 unspecified atom stereocenters. The average Bonchev–Trinajstić information content (AvgIpc) is 3.77. The Labute approximate surface area is 253 Å². The van der Waals surface area contributed by atoms with E-state index in [-0.39, 0.29) is 11.9 Å². The van der Waals surface area contributed by atoms with Crippen LogP contribution in [0.5, 0.6) is 0 Å². The van der Waals surface area contributed by atoms with Crippen molar-refractivity contribution >= 4 is 33.9 Å². The Bertz CT molecular complexity index is 1820. The first-order valence-electron chi connectivity index (χ1n) is 14.2. The maximum atomic E-state index is 13.8. The fraction of sp³-hybridized carbons (Fsp3) is 0.242. The predicted molar refractivity (Wildman–Crippen MR) is 164 cm³/mol. The van der Waals surface area contributed by atoms with Gasteiger partial charge in [-0.25, -0.2) is 9.07 Å². The molecule has 2 N–H and O–H groups in total. The lowest BCUT2D eigenvalue weighted by atomic mass is 9.99. The number of halogens is 2. The number of nitriles is 2. The Morgan fingerprint density at radius 2 is 1.81 bits per heavy atom. The molecule has 6 rings (SSSR count). The number of anilines is 2. The molecule has 1 aliphatic rings. The summed E-state index contributed by atoms with van der Waals surface area (Å²) in [4.78, 5) is 4.51. The van der Waals surface area contributed by atoms with E-state index in [1.165, 1.54) is 18.3 Å². The highest BCUT2D eigenvalue weighted by Crippen LogP contribution is 2.38. The van der Waals surface area contributed by atoms with E-state index in [1.54, 1.807) is 18.2 Å². The van der Waals surface area contributed by atoms with Gasteiger partial charge in [-0.3, -0.25) is 4.98 Å². The van der Waals surface area contributed by atoms with E-state index in [0.29, 0.717) is 63.9 Å². The second-order valence-electron chi connectivity index (χ2n) is 10.7. The first kappa shape index (κ1) is 28.1. The van der Waals surface area contributed by atoms with Gasteiger partial charge < -0.3 is 10.6 Å². The number of aromatic nitrogens is 4. The van der Waals surface area contributed by atoms with Crippen LogP contribution in [-0.2, 0) is 0 Å². The SMILES string of the molecule is N#CCCCC(Nc1c(C#N)cnc2c(Cl)cc(N[C@@H](c3ccc(F)cc3)c3cn(C4CC4)nn3)cc12)c1ccccc1. The van der Waals surface area contributed by atoms with Crippen LogP contribution >= 0.6 is 11.6 Å². The Balaban J connectivity index is 1.41. The van der Waals surface area contributed by atoms with Crippen molar-refractivity contribution in [2.45, 2.75) is 50.2 Å². The number of pyridine rings is 1. The van der Waals surface area contributed by atoms with Crippen molar-refractivity contribution in [1.82, 2.24) is 20.0 Å². The molecule has 10 heteroatoms. The Morgan fingerprint density at radius 3 is 2.53 bits per heavy atom. The normalized spacial score (nSPS) is 14.0. The molecule has 1 fully saturated rings. The van der Waals surface area contributed by atoms with Crippen molar-refractivity contribution in [2.24, 2.45) is 0 Å². The molecule has 214 valence electrons. The van der Waals surface area contributed by atoms with Gasteiger partial charge in [-0.15, -0.1) is 5.10 Å². The molecule has 0 bridgehead atoms. The first-order valence-corrected chi connectivity index (χ1v) is 14.6. The van der Waals surface area contributed by atoms with Crippen LogP contribution in [-0.4, -0.2) is 20.0 Å². The summed E-state index contributed by atoms with van der Waals surface area (Å²) in [7, 11) is 0. The average molecular weight is 591 g/mol. The molecule has 0 saturated heterocycles. The number of nitrogens with one attached hydrogen (secondary N) is 2. The Kier molecular flexibility index (Phi) is 8.17. The fourth-order valence-electron chi connectivity index (χ4n) is 5.24. The third-order valence-corrected chi connectivity index (χ3v) is 7.89. The monoisotopic (exact) mass is 590 g/mol. The molecular weight excluding hydrogens is 563 g/mol. The van der Waals surface area contributed by atoms with Gasteiger partial charge in [0.25, 0.3) is 0 Å². The van der Waals surface area contributed by atoms with Crippen molar-refractivity contribution in [3.8, 4) is 12.1 Å². The van der Waals surface area contributed by atoms with Crippen LogP contribution in [0.3, 0.4) is 0 Å². The lowest BCUT2D eigenvalue weighted by Crippen LogP contribution is -2.14. The van der Waals surface area contributed by atoms with Gasteiger partial charge in [0.15, 0.2) is 0 Å². The van der Waals surface area contributed by atoms with Crippen LogP contribution in [0.25, 0.3) is 10.9 Å². The number of hydrogen-bond acceptors (Lipinski definition) is 7. The van der Waals surface area contributed by atoms with E-state index in [4.69, 9.17) is 16.9 Å². The molecule has 1 aliphatic carbocycles. The maximum absolute atomic E-state index is 13.8. The molecule has 43 heavy (non-hydrogen) atoms. The van der Waals surface area contributed by atoms with Gasteiger partial charge in [0.2, 0.25) is 0 Å². The minimum absolute atomic E-state index is 0.146. The van der Waals surface area contributed by atoms with Gasteiger partial charge in [-0.05, 0) is 61.1 Å². The summed E-state index contributed by atoms with van der Waals surface area (Å²) in [6.45, 7) is 0. The molecule has 2 aromatic heterocycles. The van der Waals surface area contributed by atoms with E-state index in [2.05, 4.69) is 38.1 Å². The minimum atomic E-state index is -0.437. The van der Waals surface area contributed by atoms with Crippen LogP contribution in [0.4, 0.5) is 15.8 Å². The van der Waals surface area contributed by atoms with Crippen LogP contribution in [0.1, 0.15) is 72.6 Å². The first-order chi connectivity index (χ1) is 21.0. The van der Waals surface area contributed by atoms with Crippen molar-refractivity contribution < 1.29 is 4.39 Å². The van der Waals surface area contributed by atoms with Crippen molar-refractivity contribution in [1.29, 1.82) is 10.5 Å². The minimum Gasteiger partial charge on any atom is -0.377 e. The van der Waals surface area contributed by atoms with Gasteiger partial charge in [-0.2, -0.15) is 10.5 Å². The fourth-order valence-corrected chi connectivity index (χ4v) is 5.51. The summed E-state index contributed by atoms with van der Waals surface area (Å²) in [5.41, 5.74) is 4.77. The summed E-state index contributed by atoms with van der Waals surface area (Å²) < 4.78 is 15.7. The molecule has 2 heterocycles. The van der Waals surface area contributed by atoms with Gasteiger partial charge in [0.1, 0.15) is 17.6 Å². The molecule has 0 spiro atoms. The molecule has 0 amide bonds. The van der Waals surface area contributed by atoms with Gasteiger partial charge in [0, 0.05) is 23.7 Å². The number of benzene rings is 3. The second kappa shape index (κ2) is 12.5. The highest BCUT2D eigenvalue weighted by molar-refractivity contribution is 6.35. The number of fused-ring (bicyclic) bond motifs is 1. The van der Waals surface area contributed by atoms with E-state index < -0.39 is 6.04 Å². The van der Waals surface area contributed by atoms with Crippen LogP contribution in [0.15, 0.2) is 79.1 Å². The third-order valence-electron chi connectivity index (χ3n) is 7.61. The van der Waals surface area contributed by atoms with Gasteiger partial charge >= 0.3 is 0 Å². The summed E-state index contributed by atoms with van der Waals surface area (Å²) >= 11 is 6.80. The molecule has 2 atom stereocenters. The number of unbranched alkanes of at least 4 members (excludes halogenated alkanes) is 1. The standard InChI is InChI=1S/C33H28ClFN8/c34-28-17-25(39-32(22-9-11-24(35)12-10-22)30-20-43(42-41-30)26-13-14-26)16-27-31(23(18-37)19-38-33(27)28)40-29(8-4-5-15-36)21-6-2-1-3-7-21/h1-3,6-7,9-12,16-17,19-20,26,29,32,39H,4-5,8,13-14H2,(H,38,40)/t29?,32-/m0/s1. The molecule has 0 aliphatic heterocycles. The largest absolute Gasteiger partial charge is 0.377 e. The lowest BCUT2D eigenvalue weighted by Gasteiger charge is -2.23. The number of hydrogen-bond donors (Lipinski definition) is 2. The summed E-state index contributed by atoms with van der Waals surface area (Å²) in [6, 6.07) is 24.2. The van der Waals surface area contributed by atoms with Crippen molar-refractivity contribution in [2.75, 3.05) is 10.6 Å². The summed E-state index contributed by atoms with van der Waals surface area (Å²) in [5.74, 6) is -0.327. The quantitative estimate of drug-likeness (QED) is 0.150. The second-order valence-corrected chi connectivity index (χ2v) is 11.1. The van der Waals surface area contributed by atoms with E-state index >= 15 is 0 Å². The van der Waals surface area contributed by atoms with E-state index in [0.717, 1.165) is 24.0 Å². The number of nitrogens with zero attached hydrogens (tertiary/aromatic N) is 6. The Morgan fingerprint density at radius 1 is 1.02 bits per heavy atom. The van der Waals surface area contributed by atoms with Crippen LogP contribution in [0.2, 0.25) is 5.02 Å². The van der Waals surface area contributed by atoms with Gasteiger partial charge in [0.05, 0.1) is 52.2 Å². The molecule has 3 aromatic carbocycles. The zero-order valence-corrected chi connectivity index (χ0v) is 24.0. The van der Waals surface area contributed by atoms with Crippen LogP contribution in [0, 0.1) is 28.5 Å².